The molecule has 3 aliphatic rings. The predicted octanol–water partition coefficient (Wildman–Crippen LogP) is 3.97. The van der Waals surface area contributed by atoms with Gasteiger partial charge in [-0.15, -0.1) is 0 Å². The fourth-order valence-electron chi connectivity index (χ4n) is 5.85. The standard InChI is InChI=1S/C27H39N3O3/c1-19-10-5-6-14-22(19)26(32)29-24-16-8-7-15-23(24)28-25(31)21-13-9-17-30(18-21)27(33)20-11-3-2-4-12-20/h5-6,10,14,20-21,23-24H,2-4,7-9,11-13,15-18H2,1H3,(H,28,31)(H,29,32)/t21-,23-,24-/m1/s1. The summed E-state index contributed by atoms with van der Waals surface area (Å²) in [6.45, 7) is 3.25. The maximum Gasteiger partial charge on any atom is 0.251 e. The van der Waals surface area contributed by atoms with Crippen molar-refractivity contribution in [3.05, 3.63) is 35.4 Å². The van der Waals surface area contributed by atoms with E-state index in [-0.39, 0.29) is 41.6 Å². The molecule has 33 heavy (non-hydrogen) atoms. The van der Waals surface area contributed by atoms with Gasteiger partial charge in [0.15, 0.2) is 0 Å². The minimum atomic E-state index is -0.152. The summed E-state index contributed by atoms with van der Waals surface area (Å²) in [5.74, 6) is 0.230. The summed E-state index contributed by atoms with van der Waals surface area (Å²) in [7, 11) is 0. The van der Waals surface area contributed by atoms with Gasteiger partial charge in [-0.05, 0) is 57.1 Å². The maximum absolute atomic E-state index is 13.2. The van der Waals surface area contributed by atoms with Crippen molar-refractivity contribution in [3.63, 3.8) is 0 Å². The molecule has 3 amide bonds. The largest absolute Gasteiger partial charge is 0.351 e. The van der Waals surface area contributed by atoms with Crippen LogP contribution in [0.5, 0.6) is 0 Å². The first-order valence-corrected chi connectivity index (χ1v) is 13.0. The molecule has 1 aliphatic heterocycles. The molecule has 2 aliphatic carbocycles. The van der Waals surface area contributed by atoms with Crippen LogP contribution in [0, 0.1) is 18.8 Å². The van der Waals surface area contributed by atoms with Crippen molar-refractivity contribution >= 4 is 17.7 Å². The summed E-state index contributed by atoms with van der Waals surface area (Å²) >= 11 is 0. The van der Waals surface area contributed by atoms with Gasteiger partial charge in [0, 0.05) is 36.7 Å². The molecule has 0 spiro atoms. The Hall–Kier alpha value is -2.37. The first-order chi connectivity index (χ1) is 16.0. The lowest BCUT2D eigenvalue weighted by molar-refractivity contribution is -0.140. The number of nitrogens with one attached hydrogen (secondary N) is 2. The molecular formula is C27H39N3O3. The molecule has 2 saturated carbocycles. The lowest BCUT2D eigenvalue weighted by Crippen LogP contribution is -2.56. The molecule has 180 valence electrons. The summed E-state index contributed by atoms with van der Waals surface area (Å²) in [4.78, 5) is 41.0. The number of rotatable bonds is 5. The van der Waals surface area contributed by atoms with Crippen LogP contribution in [0.4, 0.5) is 0 Å². The number of likely N-dealkylation sites (tertiary alicyclic amines) is 1. The van der Waals surface area contributed by atoms with Gasteiger partial charge in [0.25, 0.3) is 5.91 Å². The third-order valence-corrected chi connectivity index (χ3v) is 7.86. The molecule has 3 fully saturated rings. The first kappa shape index (κ1) is 23.8. The van der Waals surface area contributed by atoms with Crippen molar-refractivity contribution in [1.82, 2.24) is 15.5 Å². The van der Waals surface area contributed by atoms with E-state index in [0.29, 0.717) is 12.1 Å². The molecule has 0 radical (unpaired) electrons. The summed E-state index contributed by atoms with van der Waals surface area (Å²) < 4.78 is 0. The number of nitrogens with zero attached hydrogens (tertiary/aromatic N) is 1. The Bertz CT molecular complexity index is 849. The number of hydrogen-bond acceptors (Lipinski definition) is 3. The molecule has 6 nitrogen and oxygen atoms in total. The van der Waals surface area contributed by atoms with Gasteiger partial charge in [-0.2, -0.15) is 0 Å². The van der Waals surface area contributed by atoms with Crippen molar-refractivity contribution in [2.45, 2.75) is 89.6 Å². The molecule has 4 rings (SSSR count). The van der Waals surface area contributed by atoms with Gasteiger partial charge < -0.3 is 15.5 Å². The molecule has 2 N–H and O–H groups in total. The van der Waals surface area contributed by atoms with Crippen LogP contribution in [-0.2, 0) is 9.59 Å². The third-order valence-electron chi connectivity index (χ3n) is 7.86. The van der Waals surface area contributed by atoms with E-state index in [9.17, 15) is 14.4 Å². The SMILES string of the molecule is Cc1ccccc1C(=O)N[C@@H]1CCCC[C@H]1NC(=O)[C@@H]1CCCN(C(=O)C2CCCCC2)C1. The van der Waals surface area contributed by atoms with Crippen LogP contribution in [0.15, 0.2) is 24.3 Å². The van der Waals surface area contributed by atoms with Gasteiger partial charge >= 0.3 is 0 Å². The third kappa shape index (κ3) is 5.96. The number of benzene rings is 1. The average molecular weight is 454 g/mol. The second-order valence-electron chi connectivity index (χ2n) is 10.3. The average Bonchev–Trinajstić information content (AvgIpc) is 2.85. The zero-order valence-electron chi connectivity index (χ0n) is 20.0. The Morgan fingerprint density at radius 3 is 2.15 bits per heavy atom. The Balaban J connectivity index is 1.34. The number of aryl methyl sites for hydroxylation is 1. The molecule has 0 bridgehead atoms. The second-order valence-corrected chi connectivity index (χ2v) is 10.3. The van der Waals surface area contributed by atoms with Gasteiger partial charge in [0.2, 0.25) is 11.8 Å². The van der Waals surface area contributed by atoms with Crippen LogP contribution >= 0.6 is 0 Å². The summed E-state index contributed by atoms with van der Waals surface area (Å²) in [5, 5.41) is 6.44. The Morgan fingerprint density at radius 2 is 1.42 bits per heavy atom. The lowest BCUT2D eigenvalue weighted by Gasteiger charge is -2.37. The van der Waals surface area contributed by atoms with E-state index in [1.165, 1.54) is 6.42 Å². The molecule has 6 heteroatoms. The van der Waals surface area contributed by atoms with E-state index in [1.54, 1.807) is 0 Å². The maximum atomic E-state index is 13.2. The predicted molar refractivity (Wildman–Crippen MR) is 129 cm³/mol. The van der Waals surface area contributed by atoms with Crippen LogP contribution in [0.3, 0.4) is 0 Å². The van der Waals surface area contributed by atoms with E-state index in [1.807, 2.05) is 36.1 Å². The molecule has 3 atom stereocenters. The van der Waals surface area contributed by atoms with Crippen molar-refractivity contribution in [2.75, 3.05) is 13.1 Å². The number of amides is 3. The van der Waals surface area contributed by atoms with Crippen LogP contribution < -0.4 is 10.6 Å². The second kappa shape index (κ2) is 11.2. The van der Waals surface area contributed by atoms with Crippen molar-refractivity contribution in [3.8, 4) is 0 Å². The number of piperidine rings is 1. The Kier molecular flexibility index (Phi) is 8.05. The van der Waals surface area contributed by atoms with Crippen molar-refractivity contribution < 1.29 is 14.4 Å². The smallest absolute Gasteiger partial charge is 0.251 e. The number of carbonyl (C=O) groups is 3. The minimum Gasteiger partial charge on any atom is -0.351 e. The molecule has 1 saturated heterocycles. The molecule has 0 unspecified atom stereocenters. The zero-order chi connectivity index (χ0) is 23.2. The molecule has 1 aromatic rings. The van der Waals surface area contributed by atoms with Gasteiger partial charge in [-0.1, -0.05) is 50.3 Å². The van der Waals surface area contributed by atoms with Gasteiger partial charge in [0.05, 0.1) is 5.92 Å². The fourth-order valence-corrected chi connectivity index (χ4v) is 5.85. The van der Waals surface area contributed by atoms with E-state index in [4.69, 9.17) is 0 Å². The van der Waals surface area contributed by atoms with Crippen molar-refractivity contribution in [2.24, 2.45) is 11.8 Å². The minimum absolute atomic E-state index is 0.0400. The highest BCUT2D eigenvalue weighted by Crippen LogP contribution is 2.28. The van der Waals surface area contributed by atoms with E-state index >= 15 is 0 Å². The van der Waals surface area contributed by atoms with E-state index < -0.39 is 0 Å². The monoisotopic (exact) mass is 453 g/mol. The highest BCUT2D eigenvalue weighted by atomic mass is 16.2. The Morgan fingerprint density at radius 1 is 0.788 bits per heavy atom. The topological polar surface area (TPSA) is 78.5 Å². The molecular weight excluding hydrogens is 414 g/mol. The van der Waals surface area contributed by atoms with Crippen LogP contribution in [0.25, 0.3) is 0 Å². The summed E-state index contributed by atoms with van der Waals surface area (Å²) in [5.41, 5.74) is 1.65. The van der Waals surface area contributed by atoms with Crippen LogP contribution in [0.2, 0.25) is 0 Å². The van der Waals surface area contributed by atoms with Gasteiger partial charge in [0.1, 0.15) is 0 Å². The summed E-state index contributed by atoms with van der Waals surface area (Å²) in [6, 6.07) is 7.50. The zero-order valence-corrected chi connectivity index (χ0v) is 20.0. The summed E-state index contributed by atoms with van der Waals surface area (Å²) in [6.07, 6.45) is 11.1. The number of hydrogen-bond donors (Lipinski definition) is 2. The van der Waals surface area contributed by atoms with E-state index in [2.05, 4.69) is 10.6 Å². The fraction of sp³-hybridized carbons (Fsp3) is 0.667. The normalized spacial score (nSPS) is 26.5. The van der Waals surface area contributed by atoms with Gasteiger partial charge in [-0.25, -0.2) is 0 Å². The van der Waals surface area contributed by atoms with Crippen LogP contribution in [0.1, 0.15) is 86.6 Å². The molecule has 1 aromatic carbocycles. The number of carbonyl (C=O) groups excluding carboxylic acids is 3. The molecule has 0 aromatic heterocycles. The van der Waals surface area contributed by atoms with Crippen LogP contribution in [-0.4, -0.2) is 47.8 Å². The van der Waals surface area contributed by atoms with E-state index in [0.717, 1.165) is 76.3 Å². The Labute approximate surface area is 197 Å². The molecule has 1 heterocycles. The highest BCUT2D eigenvalue weighted by molar-refractivity contribution is 5.95. The first-order valence-electron chi connectivity index (χ1n) is 13.0. The lowest BCUT2D eigenvalue weighted by atomic mass is 9.86. The quantitative estimate of drug-likeness (QED) is 0.708. The van der Waals surface area contributed by atoms with Gasteiger partial charge in [-0.3, -0.25) is 14.4 Å². The van der Waals surface area contributed by atoms with Crippen molar-refractivity contribution in [1.29, 1.82) is 0 Å². The highest BCUT2D eigenvalue weighted by Gasteiger charge is 2.35.